The summed E-state index contributed by atoms with van der Waals surface area (Å²) in [6.45, 7) is 4.21. The standard InChI is InChI=1S/C12H11ClN2S/c1-8-3-4-10(7-9(8)2)16-12-6-5-11(13)14-15-12/h3-7H,1-2H3. The van der Waals surface area contributed by atoms with E-state index in [1.165, 1.54) is 16.0 Å². The van der Waals surface area contributed by atoms with Gasteiger partial charge in [0.2, 0.25) is 0 Å². The van der Waals surface area contributed by atoms with Crippen molar-refractivity contribution in [1.82, 2.24) is 10.2 Å². The second kappa shape index (κ2) is 4.85. The molecule has 1 aromatic carbocycles. The molecule has 0 radical (unpaired) electrons. The molecular formula is C12H11ClN2S. The topological polar surface area (TPSA) is 25.8 Å². The Bertz CT molecular complexity index is 497. The molecule has 0 aliphatic carbocycles. The van der Waals surface area contributed by atoms with E-state index in [1.807, 2.05) is 6.07 Å². The van der Waals surface area contributed by atoms with E-state index in [-0.39, 0.29) is 0 Å². The zero-order valence-corrected chi connectivity index (χ0v) is 10.6. The van der Waals surface area contributed by atoms with Crippen LogP contribution in [0.2, 0.25) is 5.15 Å². The van der Waals surface area contributed by atoms with E-state index in [0.717, 1.165) is 5.03 Å². The second-order valence-electron chi connectivity index (χ2n) is 3.54. The van der Waals surface area contributed by atoms with Crippen molar-refractivity contribution in [3.8, 4) is 0 Å². The van der Waals surface area contributed by atoms with E-state index in [9.17, 15) is 0 Å². The lowest BCUT2D eigenvalue weighted by atomic mass is 10.1. The number of aromatic nitrogens is 2. The van der Waals surface area contributed by atoms with Gasteiger partial charge in [-0.05, 0) is 49.2 Å². The van der Waals surface area contributed by atoms with Crippen molar-refractivity contribution in [3.05, 3.63) is 46.6 Å². The molecule has 1 heterocycles. The fourth-order valence-corrected chi connectivity index (χ4v) is 2.19. The molecule has 4 heteroatoms. The molecule has 2 nitrogen and oxygen atoms in total. The molecule has 0 aliphatic heterocycles. The minimum absolute atomic E-state index is 0.421. The van der Waals surface area contributed by atoms with Crippen molar-refractivity contribution >= 4 is 23.4 Å². The third kappa shape index (κ3) is 2.74. The predicted molar refractivity (Wildman–Crippen MR) is 67.1 cm³/mol. The molecule has 82 valence electrons. The van der Waals surface area contributed by atoms with E-state index in [1.54, 1.807) is 17.8 Å². The van der Waals surface area contributed by atoms with Crippen molar-refractivity contribution in [3.63, 3.8) is 0 Å². The van der Waals surface area contributed by atoms with Crippen molar-refractivity contribution in [1.29, 1.82) is 0 Å². The number of hydrogen-bond acceptors (Lipinski definition) is 3. The fourth-order valence-electron chi connectivity index (χ4n) is 1.26. The number of hydrogen-bond donors (Lipinski definition) is 0. The molecule has 2 aromatic rings. The maximum atomic E-state index is 5.68. The Morgan fingerprint density at radius 2 is 1.81 bits per heavy atom. The van der Waals surface area contributed by atoms with Crippen molar-refractivity contribution < 1.29 is 0 Å². The smallest absolute Gasteiger partial charge is 0.142 e. The summed E-state index contributed by atoms with van der Waals surface area (Å²) in [5.74, 6) is 0. The first kappa shape index (κ1) is 11.4. The van der Waals surface area contributed by atoms with Gasteiger partial charge in [-0.25, -0.2) is 0 Å². The van der Waals surface area contributed by atoms with Crippen LogP contribution in [0.5, 0.6) is 0 Å². The van der Waals surface area contributed by atoms with Crippen LogP contribution < -0.4 is 0 Å². The number of aryl methyl sites for hydroxylation is 2. The van der Waals surface area contributed by atoms with Gasteiger partial charge in [0.25, 0.3) is 0 Å². The van der Waals surface area contributed by atoms with Gasteiger partial charge in [-0.15, -0.1) is 10.2 Å². The largest absolute Gasteiger partial charge is 0.151 e. The zero-order valence-electron chi connectivity index (χ0n) is 9.07. The summed E-state index contributed by atoms with van der Waals surface area (Å²) >= 11 is 7.26. The zero-order chi connectivity index (χ0) is 11.5. The molecule has 0 amide bonds. The third-order valence-electron chi connectivity index (χ3n) is 2.31. The summed E-state index contributed by atoms with van der Waals surface area (Å²) in [4.78, 5) is 1.17. The lowest BCUT2D eigenvalue weighted by Gasteiger charge is -2.03. The Kier molecular flexibility index (Phi) is 3.46. The average Bonchev–Trinajstić information content (AvgIpc) is 2.27. The molecule has 0 aliphatic rings. The minimum atomic E-state index is 0.421. The number of nitrogens with zero attached hydrogens (tertiary/aromatic N) is 2. The van der Waals surface area contributed by atoms with Gasteiger partial charge < -0.3 is 0 Å². The Hall–Kier alpha value is -1.06. The summed E-state index contributed by atoms with van der Waals surface area (Å²) < 4.78 is 0. The Labute approximate surface area is 104 Å². The summed E-state index contributed by atoms with van der Waals surface area (Å²) in [6, 6.07) is 9.97. The van der Waals surface area contributed by atoms with Crippen molar-refractivity contribution in [2.75, 3.05) is 0 Å². The molecular weight excluding hydrogens is 240 g/mol. The van der Waals surface area contributed by atoms with Gasteiger partial charge in [0.05, 0.1) is 0 Å². The molecule has 0 atom stereocenters. The predicted octanol–water partition coefficient (Wildman–Crippen LogP) is 3.90. The average molecular weight is 251 g/mol. The van der Waals surface area contributed by atoms with Gasteiger partial charge in [-0.1, -0.05) is 29.4 Å². The summed E-state index contributed by atoms with van der Waals surface area (Å²) in [7, 11) is 0. The Balaban J connectivity index is 2.20. The van der Waals surface area contributed by atoms with Crippen molar-refractivity contribution in [2.24, 2.45) is 0 Å². The maximum absolute atomic E-state index is 5.68. The first-order valence-electron chi connectivity index (χ1n) is 4.89. The highest BCUT2D eigenvalue weighted by Crippen LogP contribution is 2.27. The molecule has 0 spiro atoms. The van der Waals surface area contributed by atoms with E-state index >= 15 is 0 Å². The van der Waals surface area contributed by atoms with E-state index in [0.29, 0.717) is 5.15 Å². The summed E-state index contributed by atoms with van der Waals surface area (Å²) in [5.41, 5.74) is 2.58. The van der Waals surface area contributed by atoms with Gasteiger partial charge in [0, 0.05) is 4.90 Å². The number of rotatable bonds is 2. The molecule has 0 N–H and O–H groups in total. The summed E-state index contributed by atoms with van der Waals surface area (Å²) in [5, 5.41) is 9.09. The van der Waals surface area contributed by atoms with Gasteiger partial charge >= 0.3 is 0 Å². The van der Waals surface area contributed by atoms with Crippen LogP contribution in [-0.2, 0) is 0 Å². The van der Waals surface area contributed by atoms with E-state index < -0.39 is 0 Å². The molecule has 1 aromatic heterocycles. The van der Waals surface area contributed by atoms with Crippen LogP contribution in [0.3, 0.4) is 0 Å². The Morgan fingerprint density at radius 1 is 1.00 bits per heavy atom. The van der Waals surface area contributed by atoms with Crippen molar-refractivity contribution in [2.45, 2.75) is 23.8 Å². The summed E-state index contributed by atoms with van der Waals surface area (Å²) in [6.07, 6.45) is 0. The highest BCUT2D eigenvalue weighted by Gasteiger charge is 2.01. The highest BCUT2D eigenvalue weighted by atomic mass is 35.5. The van der Waals surface area contributed by atoms with Crippen LogP contribution in [-0.4, -0.2) is 10.2 Å². The normalized spacial score (nSPS) is 10.4. The van der Waals surface area contributed by atoms with Crippen LogP contribution in [0.4, 0.5) is 0 Å². The lowest BCUT2D eigenvalue weighted by Crippen LogP contribution is -1.86. The van der Waals surface area contributed by atoms with Crippen LogP contribution in [0.1, 0.15) is 11.1 Å². The molecule has 2 rings (SSSR count). The second-order valence-corrected chi connectivity index (χ2v) is 5.02. The highest BCUT2D eigenvalue weighted by molar-refractivity contribution is 7.99. The number of halogens is 1. The Morgan fingerprint density at radius 3 is 2.44 bits per heavy atom. The first-order valence-corrected chi connectivity index (χ1v) is 6.09. The van der Waals surface area contributed by atoms with Gasteiger partial charge in [0.1, 0.15) is 5.03 Å². The quantitative estimate of drug-likeness (QED) is 0.809. The van der Waals surface area contributed by atoms with Crippen LogP contribution in [0.25, 0.3) is 0 Å². The molecule has 16 heavy (non-hydrogen) atoms. The van der Waals surface area contributed by atoms with Gasteiger partial charge in [0.15, 0.2) is 5.15 Å². The maximum Gasteiger partial charge on any atom is 0.151 e. The van der Waals surface area contributed by atoms with Crippen LogP contribution in [0, 0.1) is 13.8 Å². The molecule has 0 saturated carbocycles. The number of benzene rings is 1. The lowest BCUT2D eigenvalue weighted by molar-refractivity contribution is 0.930. The fraction of sp³-hybridized carbons (Fsp3) is 0.167. The molecule has 0 fully saturated rings. The van der Waals surface area contributed by atoms with E-state index in [4.69, 9.17) is 11.6 Å². The van der Waals surface area contributed by atoms with Crippen LogP contribution in [0.15, 0.2) is 40.3 Å². The first-order chi connectivity index (χ1) is 7.65. The van der Waals surface area contributed by atoms with Gasteiger partial charge in [-0.2, -0.15) is 0 Å². The van der Waals surface area contributed by atoms with Crippen LogP contribution >= 0.6 is 23.4 Å². The minimum Gasteiger partial charge on any atom is -0.142 e. The third-order valence-corrected chi connectivity index (χ3v) is 3.43. The monoisotopic (exact) mass is 250 g/mol. The SMILES string of the molecule is Cc1ccc(Sc2ccc(Cl)nn2)cc1C. The molecule has 0 bridgehead atoms. The van der Waals surface area contributed by atoms with E-state index in [2.05, 4.69) is 42.2 Å². The molecule has 0 saturated heterocycles. The van der Waals surface area contributed by atoms with Gasteiger partial charge in [-0.3, -0.25) is 0 Å². The molecule has 0 unspecified atom stereocenters.